The fraction of sp³-hybridized carbons (Fsp3) is 0.304. The van der Waals surface area contributed by atoms with Crippen molar-refractivity contribution in [2.75, 3.05) is 18.8 Å². The molecule has 1 aromatic carbocycles. The summed E-state index contributed by atoms with van der Waals surface area (Å²) in [5.41, 5.74) is 9.15. The molecule has 7 nitrogen and oxygen atoms in total. The predicted octanol–water partition coefficient (Wildman–Crippen LogP) is 3.40. The largest absolute Gasteiger partial charge is 0.369 e. The average Bonchev–Trinajstić information content (AvgIpc) is 3.19. The Bertz CT molecular complexity index is 1290. The molecule has 0 radical (unpaired) electrons. The number of halogens is 1. The number of pyridine rings is 1. The molecule has 2 N–H and O–H groups in total. The fourth-order valence-electron chi connectivity index (χ4n) is 4.33. The number of para-hydroxylation sites is 1. The van der Waals surface area contributed by atoms with Crippen molar-refractivity contribution < 1.29 is 9.18 Å². The van der Waals surface area contributed by atoms with E-state index in [1.807, 2.05) is 30.2 Å². The number of nitrogen functional groups attached to an aromatic ring is 1. The lowest BCUT2D eigenvalue weighted by atomic mass is 9.92. The number of amides is 1. The fourth-order valence-corrected chi connectivity index (χ4v) is 4.33. The third-order valence-corrected chi connectivity index (χ3v) is 5.96. The summed E-state index contributed by atoms with van der Waals surface area (Å²) in [6.07, 6.45) is 4.46. The van der Waals surface area contributed by atoms with Crippen LogP contribution in [0, 0.1) is 18.7 Å². The molecule has 1 fully saturated rings. The van der Waals surface area contributed by atoms with E-state index in [9.17, 15) is 9.18 Å². The van der Waals surface area contributed by atoms with E-state index in [2.05, 4.69) is 9.97 Å². The minimum Gasteiger partial charge on any atom is -0.369 e. The van der Waals surface area contributed by atoms with E-state index < -0.39 is 5.82 Å². The van der Waals surface area contributed by atoms with Gasteiger partial charge in [-0.15, -0.1) is 0 Å². The highest BCUT2D eigenvalue weighted by atomic mass is 19.1. The SMILES string of the molecule is Cc1cccc(C(=O)N2CCC(Cc3cn4c(N)nc5c(F)cccc5c4n3)CC2)n1. The Labute approximate surface area is 178 Å². The van der Waals surface area contributed by atoms with Crippen LogP contribution in [0.2, 0.25) is 0 Å². The number of aryl methyl sites for hydroxylation is 1. The molecule has 1 saturated heterocycles. The summed E-state index contributed by atoms with van der Waals surface area (Å²) in [4.78, 5) is 27.9. The van der Waals surface area contributed by atoms with Crippen molar-refractivity contribution in [1.82, 2.24) is 24.3 Å². The number of carbonyl (C=O) groups excluding carboxylic acids is 1. The number of aromatic nitrogens is 4. The highest BCUT2D eigenvalue weighted by Crippen LogP contribution is 2.26. The Morgan fingerprint density at radius 1 is 1.13 bits per heavy atom. The summed E-state index contributed by atoms with van der Waals surface area (Å²) in [7, 11) is 0. The second kappa shape index (κ2) is 7.61. The minimum absolute atomic E-state index is 0.0118. The summed E-state index contributed by atoms with van der Waals surface area (Å²) in [5.74, 6) is 0.215. The van der Waals surface area contributed by atoms with Gasteiger partial charge in [-0.25, -0.2) is 19.3 Å². The van der Waals surface area contributed by atoms with Crippen molar-refractivity contribution in [3.63, 3.8) is 0 Å². The molecule has 1 aliphatic rings. The summed E-state index contributed by atoms with van der Waals surface area (Å²) in [6, 6.07) is 10.3. The van der Waals surface area contributed by atoms with Crippen LogP contribution in [0.15, 0.2) is 42.6 Å². The van der Waals surface area contributed by atoms with Crippen LogP contribution in [0.4, 0.5) is 10.3 Å². The monoisotopic (exact) mass is 418 g/mol. The van der Waals surface area contributed by atoms with E-state index in [1.165, 1.54) is 6.07 Å². The lowest BCUT2D eigenvalue weighted by molar-refractivity contribution is 0.0684. The Morgan fingerprint density at radius 2 is 1.90 bits per heavy atom. The second-order valence-electron chi connectivity index (χ2n) is 8.14. The first-order valence-electron chi connectivity index (χ1n) is 10.4. The van der Waals surface area contributed by atoms with Gasteiger partial charge in [0.25, 0.3) is 5.91 Å². The maximum atomic E-state index is 14.1. The van der Waals surface area contributed by atoms with E-state index in [-0.39, 0.29) is 17.4 Å². The molecule has 8 heteroatoms. The number of fused-ring (bicyclic) bond motifs is 3. The number of hydrogen-bond acceptors (Lipinski definition) is 5. The zero-order chi connectivity index (χ0) is 21.5. The molecule has 0 saturated carbocycles. The van der Waals surface area contributed by atoms with Crippen LogP contribution in [0.3, 0.4) is 0 Å². The Kier molecular flexibility index (Phi) is 4.77. The molecule has 0 bridgehead atoms. The van der Waals surface area contributed by atoms with Gasteiger partial charge in [0.1, 0.15) is 22.7 Å². The lowest BCUT2D eigenvalue weighted by Gasteiger charge is -2.31. The van der Waals surface area contributed by atoms with Crippen LogP contribution in [0.5, 0.6) is 0 Å². The third kappa shape index (κ3) is 3.58. The highest BCUT2D eigenvalue weighted by Gasteiger charge is 2.25. The van der Waals surface area contributed by atoms with Crippen LogP contribution in [0.1, 0.15) is 34.7 Å². The highest BCUT2D eigenvalue weighted by molar-refractivity contribution is 5.93. The number of nitrogens with two attached hydrogens (primary N) is 1. The first-order valence-corrected chi connectivity index (χ1v) is 10.4. The normalized spacial score (nSPS) is 15.1. The zero-order valence-corrected chi connectivity index (χ0v) is 17.3. The number of likely N-dealkylation sites (tertiary alicyclic amines) is 1. The van der Waals surface area contributed by atoms with E-state index in [1.54, 1.807) is 22.6 Å². The van der Waals surface area contributed by atoms with Crippen LogP contribution in [-0.4, -0.2) is 43.2 Å². The molecule has 3 aromatic heterocycles. The number of imidazole rings is 1. The molecular formula is C23H23FN6O. The second-order valence-corrected chi connectivity index (χ2v) is 8.14. The molecule has 0 spiro atoms. The quantitative estimate of drug-likeness (QED) is 0.551. The van der Waals surface area contributed by atoms with Gasteiger partial charge in [-0.1, -0.05) is 12.1 Å². The summed E-state index contributed by atoms with van der Waals surface area (Å²) < 4.78 is 15.8. The summed E-state index contributed by atoms with van der Waals surface area (Å²) in [5, 5.41) is 0.645. The zero-order valence-electron chi connectivity index (χ0n) is 17.3. The maximum absolute atomic E-state index is 14.1. The van der Waals surface area contributed by atoms with E-state index in [0.29, 0.717) is 35.7 Å². The molecule has 0 atom stereocenters. The number of carbonyl (C=O) groups is 1. The van der Waals surface area contributed by atoms with Gasteiger partial charge in [-0.3, -0.25) is 9.20 Å². The van der Waals surface area contributed by atoms with Gasteiger partial charge >= 0.3 is 0 Å². The van der Waals surface area contributed by atoms with Crippen molar-refractivity contribution in [3.05, 3.63) is 65.5 Å². The molecule has 1 aliphatic heterocycles. The molecule has 1 amide bonds. The first kappa shape index (κ1) is 19.4. The average molecular weight is 418 g/mol. The molecule has 4 aromatic rings. The Hall–Kier alpha value is -3.55. The third-order valence-electron chi connectivity index (χ3n) is 5.96. The van der Waals surface area contributed by atoms with Crippen molar-refractivity contribution in [2.24, 2.45) is 5.92 Å². The van der Waals surface area contributed by atoms with E-state index in [4.69, 9.17) is 10.7 Å². The van der Waals surface area contributed by atoms with Gasteiger partial charge in [0.15, 0.2) is 0 Å². The molecule has 0 aliphatic carbocycles. The number of rotatable bonds is 3. The van der Waals surface area contributed by atoms with Gasteiger partial charge in [0.2, 0.25) is 5.95 Å². The van der Waals surface area contributed by atoms with E-state index in [0.717, 1.165) is 30.7 Å². The molecule has 0 unspecified atom stereocenters. The Morgan fingerprint density at radius 3 is 2.68 bits per heavy atom. The molecular weight excluding hydrogens is 395 g/mol. The van der Waals surface area contributed by atoms with Gasteiger partial charge in [0.05, 0.1) is 5.69 Å². The molecule has 4 heterocycles. The number of anilines is 1. The summed E-state index contributed by atoms with van der Waals surface area (Å²) >= 11 is 0. The van der Waals surface area contributed by atoms with Crippen LogP contribution in [0.25, 0.3) is 16.6 Å². The number of benzene rings is 1. The van der Waals surface area contributed by atoms with Crippen molar-refractivity contribution in [2.45, 2.75) is 26.2 Å². The van der Waals surface area contributed by atoms with Gasteiger partial charge in [-0.2, -0.15) is 0 Å². The smallest absolute Gasteiger partial charge is 0.272 e. The number of piperidine rings is 1. The van der Waals surface area contributed by atoms with Crippen molar-refractivity contribution in [3.8, 4) is 0 Å². The van der Waals surface area contributed by atoms with Crippen molar-refractivity contribution >= 4 is 28.4 Å². The molecule has 5 rings (SSSR count). The number of nitrogens with zero attached hydrogens (tertiary/aromatic N) is 5. The van der Waals surface area contributed by atoms with E-state index >= 15 is 0 Å². The minimum atomic E-state index is -0.406. The van der Waals surface area contributed by atoms with Crippen LogP contribution in [-0.2, 0) is 6.42 Å². The van der Waals surface area contributed by atoms with Gasteiger partial charge in [0, 0.05) is 30.4 Å². The van der Waals surface area contributed by atoms with Gasteiger partial charge in [-0.05, 0) is 56.4 Å². The first-order chi connectivity index (χ1) is 15.0. The summed E-state index contributed by atoms with van der Waals surface area (Å²) in [6.45, 7) is 3.28. The standard InChI is InChI=1S/C23H23FN6O/c1-14-4-2-7-19(26-14)22(31)29-10-8-15(9-11-29)12-16-13-30-21(27-16)17-5-3-6-18(24)20(17)28-23(30)25/h2-7,13,15H,8-12H2,1H3,(H2,25,28). The van der Waals surface area contributed by atoms with Crippen molar-refractivity contribution in [1.29, 1.82) is 0 Å². The topological polar surface area (TPSA) is 89.4 Å². The molecule has 158 valence electrons. The Balaban J connectivity index is 1.31. The maximum Gasteiger partial charge on any atom is 0.272 e. The predicted molar refractivity (Wildman–Crippen MR) is 116 cm³/mol. The van der Waals surface area contributed by atoms with Crippen LogP contribution < -0.4 is 5.73 Å². The van der Waals surface area contributed by atoms with Gasteiger partial charge < -0.3 is 10.6 Å². The molecule has 31 heavy (non-hydrogen) atoms. The lowest BCUT2D eigenvalue weighted by Crippen LogP contribution is -2.39. The van der Waals surface area contributed by atoms with Crippen LogP contribution >= 0.6 is 0 Å². The number of hydrogen-bond donors (Lipinski definition) is 1.